The van der Waals surface area contributed by atoms with Gasteiger partial charge in [0.1, 0.15) is 0 Å². The molecule has 0 saturated heterocycles. The first kappa shape index (κ1) is 15.2. The van der Waals surface area contributed by atoms with Gasteiger partial charge in [0.2, 0.25) is 5.17 Å². The number of thioether (sulfide) groups is 1. The largest absolute Gasteiger partial charge is 0.478 e. The molecule has 0 spiro atoms. The Labute approximate surface area is 112 Å². The number of nitrogens with one attached hydrogen (secondary N) is 1. The normalized spacial score (nSPS) is 11.7. The van der Waals surface area contributed by atoms with Crippen LogP contribution in [0.3, 0.4) is 0 Å². The molecule has 8 N–H and O–H groups in total. The van der Waals surface area contributed by atoms with Gasteiger partial charge in [-0.15, -0.1) is 0 Å². The van der Waals surface area contributed by atoms with Crippen molar-refractivity contribution in [2.75, 3.05) is 7.05 Å². The van der Waals surface area contributed by atoms with Crippen molar-refractivity contribution in [2.45, 2.75) is 4.90 Å². The summed E-state index contributed by atoms with van der Waals surface area (Å²) in [6.07, 6.45) is 0. The second kappa shape index (κ2) is 6.36. The Balaban J connectivity index is 3.17. The van der Waals surface area contributed by atoms with Crippen molar-refractivity contribution >= 4 is 28.6 Å². The van der Waals surface area contributed by atoms with Crippen molar-refractivity contribution in [1.29, 1.82) is 0 Å². The van der Waals surface area contributed by atoms with Crippen LogP contribution in [0.15, 0.2) is 28.2 Å². The van der Waals surface area contributed by atoms with Gasteiger partial charge in [-0.25, -0.2) is 10.6 Å². The van der Waals surface area contributed by atoms with E-state index in [2.05, 4.69) is 5.10 Å². The first-order valence-corrected chi connectivity index (χ1v) is 5.75. The van der Waals surface area contributed by atoms with Crippen molar-refractivity contribution in [2.24, 2.45) is 16.8 Å². The molecule has 19 heavy (non-hydrogen) atoms. The number of hydrazine groups is 1. The van der Waals surface area contributed by atoms with E-state index in [4.69, 9.17) is 27.2 Å². The number of quaternary nitrogens is 1. The summed E-state index contributed by atoms with van der Waals surface area (Å²) >= 11 is 0.945. The zero-order valence-corrected chi connectivity index (χ0v) is 10.8. The average molecular weight is 288 g/mol. The molecule has 0 unspecified atom stereocenters. The van der Waals surface area contributed by atoms with Gasteiger partial charge in [-0.3, -0.25) is 5.01 Å². The molecule has 104 valence electrons. The lowest BCUT2D eigenvalue weighted by Crippen LogP contribution is -3.01. The van der Waals surface area contributed by atoms with E-state index in [-0.39, 0.29) is 16.4 Å². The highest BCUT2D eigenvalue weighted by molar-refractivity contribution is 8.13. The second-order valence-electron chi connectivity index (χ2n) is 3.46. The Hall–Kier alpha value is -1.85. The van der Waals surface area contributed by atoms with Crippen molar-refractivity contribution < 1.29 is 25.5 Å². The molecular formula is C9H14N5O4S+. The molecule has 0 amide bonds. The maximum atomic E-state index is 11.1. The fourth-order valence-corrected chi connectivity index (χ4v) is 2.00. The van der Waals surface area contributed by atoms with E-state index in [1.54, 1.807) is 0 Å². The number of rotatable bonds is 3. The molecule has 1 aromatic carbocycles. The SMILES string of the molecule is CN(N)/C(=N\N)Sc1ccc([NH+](O)O)cc1C(=O)O. The summed E-state index contributed by atoms with van der Waals surface area (Å²) < 4.78 is 0. The van der Waals surface area contributed by atoms with Crippen molar-refractivity contribution in [3.8, 4) is 0 Å². The Morgan fingerprint density at radius 1 is 1.47 bits per heavy atom. The summed E-state index contributed by atoms with van der Waals surface area (Å²) in [4.78, 5) is 11.5. The minimum atomic E-state index is -1.22. The number of hydrazone groups is 1. The number of hydrogen-bond acceptors (Lipinski definition) is 7. The average Bonchev–Trinajstić information content (AvgIpc) is 2.35. The Bertz CT molecular complexity index is 505. The van der Waals surface area contributed by atoms with Gasteiger partial charge in [-0.2, -0.15) is 15.5 Å². The van der Waals surface area contributed by atoms with Crippen LogP contribution in [0.2, 0.25) is 0 Å². The van der Waals surface area contributed by atoms with Crippen LogP contribution in [0.1, 0.15) is 10.4 Å². The lowest BCUT2D eigenvalue weighted by atomic mass is 10.2. The summed E-state index contributed by atoms with van der Waals surface area (Å²) in [5, 5.41) is 30.8. The van der Waals surface area contributed by atoms with Crippen molar-refractivity contribution in [3.63, 3.8) is 0 Å². The van der Waals surface area contributed by atoms with Crippen LogP contribution in [-0.2, 0) is 0 Å². The molecule has 0 aliphatic heterocycles. The number of nitrogens with two attached hydrogens (primary N) is 2. The predicted molar refractivity (Wildman–Crippen MR) is 67.0 cm³/mol. The maximum absolute atomic E-state index is 11.1. The summed E-state index contributed by atoms with van der Waals surface area (Å²) in [6.45, 7) is 0. The fraction of sp³-hybridized carbons (Fsp3) is 0.111. The van der Waals surface area contributed by atoms with E-state index >= 15 is 0 Å². The molecule has 0 fully saturated rings. The highest BCUT2D eigenvalue weighted by atomic mass is 32.2. The summed E-state index contributed by atoms with van der Waals surface area (Å²) in [6, 6.07) is 3.89. The molecule has 0 aliphatic carbocycles. The van der Waals surface area contributed by atoms with Crippen LogP contribution in [0, 0.1) is 0 Å². The first-order valence-electron chi connectivity index (χ1n) is 4.93. The monoisotopic (exact) mass is 288 g/mol. The minimum Gasteiger partial charge on any atom is -0.478 e. The van der Waals surface area contributed by atoms with Gasteiger partial charge in [0.25, 0.3) is 0 Å². The molecule has 0 saturated carbocycles. The molecule has 0 aromatic heterocycles. The van der Waals surface area contributed by atoms with Gasteiger partial charge in [0, 0.05) is 24.1 Å². The number of aromatic carboxylic acids is 1. The van der Waals surface area contributed by atoms with Crippen molar-refractivity contribution in [1.82, 2.24) is 5.01 Å². The highest BCUT2D eigenvalue weighted by Crippen LogP contribution is 2.26. The van der Waals surface area contributed by atoms with Crippen LogP contribution in [0.5, 0.6) is 0 Å². The Morgan fingerprint density at radius 2 is 2.11 bits per heavy atom. The van der Waals surface area contributed by atoms with Crippen LogP contribution in [0.4, 0.5) is 5.69 Å². The molecule has 10 heteroatoms. The van der Waals surface area contributed by atoms with E-state index in [9.17, 15) is 4.79 Å². The quantitative estimate of drug-likeness (QED) is 0.134. The van der Waals surface area contributed by atoms with Crippen LogP contribution >= 0.6 is 11.8 Å². The van der Waals surface area contributed by atoms with E-state index in [1.807, 2.05) is 0 Å². The molecule has 0 bridgehead atoms. The van der Waals surface area contributed by atoms with E-state index < -0.39 is 11.2 Å². The van der Waals surface area contributed by atoms with Crippen LogP contribution in [0.25, 0.3) is 0 Å². The highest BCUT2D eigenvalue weighted by Gasteiger charge is 2.18. The molecule has 9 nitrogen and oxygen atoms in total. The van der Waals surface area contributed by atoms with Gasteiger partial charge in [0.15, 0.2) is 5.69 Å². The number of carboxylic acid groups (broad SMARTS) is 1. The second-order valence-corrected chi connectivity index (χ2v) is 4.47. The van der Waals surface area contributed by atoms with Gasteiger partial charge < -0.3 is 10.9 Å². The molecular weight excluding hydrogens is 274 g/mol. The lowest BCUT2D eigenvalue weighted by molar-refractivity contribution is -1.19. The minimum absolute atomic E-state index is 0.00547. The molecule has 1 rings (SSSR count). The topological polar surface area (TPSA) is 150 Å². The van der Waals surface area contributed by atoms with Crippen LogP contribution < -0.4 is 16.9 Å². The molecule has 1 aromatic rings. The standard InChI is InChI=1S/C9H13N5O4S/c1-13(11)9(12-10)19-7-3-2-5(14(17)18)4-6(7)8(15)16/h2-4,17-18H,10-11H2,1H3,(H,15,16)/p+1/b12-9+. The number of nitrogens with zero attached hydrogens (tertiary/aromatic N) is 2. The smallest absolute Gasteiger partial charge is 0.337 e. The number of carboxylic acids is 1. The number of amidine groups is 1. The summed E-state index contributed by atoms with van der Waals surface area (Å²) in [7, 11) is 1.50. The number of benzene rings is 1. The molecule has 0 aliphatic rings. The van der Waals surface area contributed by atoms with Gasteiger partial charge >= 0.3 is 5.97 Å². The lowest BCUT2D eigenvalue weighted by Gasteiger charge is -2.14. The zero-order valence-electron chi connectivity index (χ0n) is 9.94. The first-order chi connectivity index (χ1) is 8.86. The van der Waals surface area contributed by atoms with E-state index in [0.29, 0.717) is 4.90 Å². The van der Waals surface area contributed by atoms with Crippen molar-refractivity contribution in [3.05, 3.63) is 23.8 Å². The number of carbonyl (C=O) groups is 1. The van der Waals surface area contributed by atoms with E-state index in [1.165, 1.54) is 19.2 Å². The van der Waals surface area contributed by atoms with E-state index in [0.717, 1.165) is 22.8 Å². The third kappa shape index (κ3) is 3.81. The summed E-state index contributed by atoms with van der Waals surface area (Å²) in [5.74, 6) is 9.39. The number of hydrogen-bond donors (Lipinski definition) is 6. The Kier molecular flexibility index (Phi) is 5.09. The maximum Gasteiger partial charge on any atom is 0.337 e. The third-order valence-corrected chi connectivity index (χ3v) is 3.23. The molecule has 0 radical (unpaired) electrons. The zero-order chi connectivity index (χ0) is 14.6. The molecule has 0 atom stereocenters. The van der Waals surface area contributed by atoms with Gasteiger partial charge in [0.05, 0.1) is 5.56 Å². The third-order valence-electron chi connectivity index (χ3n) is 2.08. The summed E-state index contributed by atoms with van der Waals surface area (Å²) in [5.41, 5.74) is -0.125. The fourth-order valence-electron chi connectivity index (χ4n) is 1.21. The van der Waals surface area contributed by atoms with Crippen LogP contribution in [-0.4, -0.2) is 38.7 Å². The van der Waals surface area contributed by atoms with Gasteiger partial charge in [-0.1, -0.05) is 0 Å². The molecule has 0 heterocycles. The Morgan fingerprint density at radius 3 is 2.53 bits per heavy atom. The van der Waals surface area contributed by atoms with Gasteiger partial charge in [-0.05, 0) is 23.1 Å². The predicted octanol–water partition coefficient (Wildman–Crippen LogP) is -1.19.